The highest BCUT2D eigenvalue weighted by Gasteiger charge is 2.29. The van der Waals surface area contributed by atoms with E-state index in [1.807, 2.05) is 12.3 Å². The molecule has 1 aliphatic rings. The van der Waals surface area contributed by atoms with E-state index in [9.17, 15) is 13.2 Å². The Kier molecular flexibility index (Phi) is 5.08. The van der Waals surface area contributed by atoms with Crippen molar-refractivity contribution in [2.75, 3.05) is 13.1 Å². The van der Waals surface area contributed by atoms with E-state index >= 15 is 0 Å². The van der Waals surface area contributed by atoms with Gasteiger partial charge in [0.25, 0.3) is 5.91 Å². The van der Waals surface area contributed by atoms with Crippen molar-refractivity contribution in [1.82, 2.24) is 9.62 Å². The third kappa shape index (κ3) is 3.53. The second-order valence-electron chi connectivity index (χ2n) is 5.89. The molecule has 3 rings (SSSR count). The monoisotopic (exact) mass is 376 g/mol. The number of hydrogen-bond donors (Lipinski definition) is 1. The van der Waals surface area contributed by atoms with Crippen LogP contribution in [0.4, 0.5) is 0 Å². The van der Waals surface area contributed by atoms with Crippen molar-refractivity contribution in [2.24, 2.45) is 0 Å². The summed E-state index contributed by atoms with van der Waals surface area (Å²) in [5, 5.41) is 2.05. The fourth-order valence-corrected chi connectivity index (χ4v) is 5.01. The predicted molar refractivity (Wildman–Crippen MR) is 99.3 cm³/mol. The summed E-state index contributed by atoms with van der Waals surface area (Å²) in [7, 11) is -3.65. The van der Waals surface area contributed by atoms with Crippen LogP contribution in [-0.4, -0.2) is 32.3 Å². The number of amides is 1. The SMILES string of the molecule is C=CCNS(=O)(=O)c1cccc(C(=O)N2CCc3sccc3[C@H]2C)c1. The van der Waals surface area contributed by atoms with Crippen LogP contribution < -0.4 is 4.72 Å². The topological polar surface area (TPSA) is 66.5 Å². The van der Waals surface area contributed by atoms with Crippen LogP contribution in [0.25, 0.3) is 0 Å². The second kappa shape index (κ2) is 7.11. The van der Waals surface area contributed by atoms with Gasteiger partial charge in [-0.3, -0.25) is 4.79 Å². The van der Waals surface area contributed by atoms with E-state index < -0.39 is 10.0 Å². The second-order valence-corrected chi connectivity index (χ2v) is 8.66. The van der Waals surface area contributed by atoms with Crippen LogP contribution in [0.15, 0.2) is 53.3 Å². The van der Waals surface area contributed by atoms with Gasteiger partial charge in [-0.1, -0.05) is 12.1 Å². The van der Waals surface area contributed by atoms with Crippen LogP contribution in [0.2, 0.25) is 0 Å². The largest absolute Gasteiger partial charge is 0.331 e. The van der Waals surface area contributed by atoms with Crippen LogP contribution >= 0.6 is 11.3 Å². The van der Waals surface area contributed by atoms with Crippen molar-refractivity contribution in [3.63, 3.8) is 0 Å². The lowest BCUT2D eigenvalue weighted by atomic mass is 10.0. The number of fused-ring (bicyclic) bond motifs is 1. The van der Waals surface area contributed by atoms with Gasteiger partial charge in [0.1, 0.15) is 0 Å². The summed E-state index contributed by atoms with van der Waals surface area (Å²) in [5.41, 5.74) is 1.56. The molecule has 1 aliphatic heterocycles. The first kappa shape index (κ1) is 17.8. The number of rotatable bonds is 5. The highest BCUT2D eigenvalue weighted by atomic mass is 32.2. The zero-order chi connectivity index (χ0) is 18.0. The van der Waals surface area contributed by atoms with Gasteiger partial charge < -0.3 is 4.90 Å². The molecule has 0 aliphatic carbocycles. The normalized spacial score (nSPS) is 17.2. The molecule has 0 saturated carbocycles. The molecular formula is C18H20N2O3S2. The minimum Gasteiger partial charge on any atom is -0.331 e. The molecule has 1 aromatic carbocycles. The first-order valence-corrected chi connectivity index (χ1v) is 10.4. The van der Waals surface area contributed by atoms with Crippen molar-refractivity contribution in [3.8, 4) is 0 Å². The molecule has 2 aromatic rings. The Morgan fingerprint density at radius 3 is 3.00 bits per heavy atom. The lowest BCUT2D eigenvalue weighted by Crippen LogP contribution is -2.38. The molecule has 0 bridgehead atoms. The summed E-state index contributed by atoms with van der Waals surface area (Å²) in [6.07, 6.45) is 2.31. The van der Waals surface area contributed by atoms with E-state index in [0.717, 1.165) is 6.42 Å². The summed E-state index contributed by atoms with van der Waals surface area (Å²) < 4.78 is 26.9. The number of nitrogens with zero attached hydrogens (tertiary/aromatic N) is 1. The molecule has 1 N–H and O–H groups in total. The van der Waals surface area contributed by atoms with Crippen molar-refractivity contribution in [1.29, 1.82) is 0 Å². The van der Waals surface area contributed by atoms with E-state index in [-0.39, 0.29) is 23.4 Å². The number of thiophene rings is 1. The molecule has 132 valence electrons. The molecule has 1 aromatic heterocycles. The molecule has 0 unspecified atom stereocenters. The molecule has 25 heavy (non-hydrogen) atoms. The van der Waals surface area contributed by atoms with E-state index in [4.69, 9.17) is 0 Å². The third-order valence-electron chi connectivity index (χ3n) is 4.35. The first-order valence-electron chi connectivity index (χ1n) is 8.02. The third-order valence-corrected chi connectivity index (χ3v) is 6.76. The molecule has 0 spiro atoms. The van der Waals surface area contributed by atoms with Gasteiger partial charge in [0.2, 0.25) is 10.0 Å². The molecule has 0 radical (unpaired) electrons. The zero-order valence-corrected chi connectivity index (χ0v) is 15.6. The highest BCUT2D eigenvalue weighted by Crippen LogP contribution is 2.33. The van der Waals surface area contributed by atoms with Gasteiger partial charge in [-0.15, -0.1) is 17.9 Å². The van der Waals surface area contributed by atoms with Crippen LogP contribution in [0.1, 0.15) is 33.8 Å². The lowest BCUT2D eigenvalue weighted by Gasteiger charge is -2.33. The number of hydrogen-bond acceptors (Lipinski definition) is 4. The molecule has 1 amide bonds. The number of nitrogens with one attached hydrogen (secondary N) is 1. The number of sulfonamides is 1. The van der Waals surface area contributed by atoms with Crippen LogP contribution in [0.5, 0.6) is 0 Å². The first-order chi connectivity index (χ1) is 11.9. The summed E-state index contributed by atoms with van der Waals surface area (Å²) in [6, 6.07) is 8.22. The number of benzene rings is 1. The zero-order valence-electron chi connectivity index (χ0n) is 13.9. The molecule has 7 heteroatoms. The van der Waals surface area contributed by atoms with Gasteiger partial charge in [0.15, 0.2) is 0 Å². The highest BCUT2D eigenvalue weighted by molar-refractivity contribution is 7.89. The van der Waals surface area contributed by atoms with Gasteiger partial charge >= 0.3 is 0 Å². The molecule has 1 atom stereocenters. The van der Waals surface area contributed by atoms with Crippen LogP contribution in [-0.2, 0) is 16.4 Å². The Hall–Kier alpha value is -1.96. The summed E-state index contributed by atoms with van der Waals surface area (Å²) >= 11 is 1.72. The fraction of sp³-hybridized carbons (Fsp3) is 0.278. The molecule has 2 heterocycles. The maximum Gasteiger partial charge on any atom is 0.254 e. The number of carbonyl (C=O) groups is 1. The summed E-state index contributed by atoms with van der Waals surface area (Å²) in [4.78, 5) is 16.1. The molecular weight excluding hydrogens is 356 g/mol. The smallest absolute Gasteiger partial charge is 0.254 e. The Balaban J connectivity index is 1.86. The average molecular weight is 377 g/mol. The van der Waals surface area contributed by atoms with E-state index in [2.05, 4.69) is 17.4 Å². The Bertz CT molecular complexity index is 903. The quantitative estimate of drug-likeness (QED) is 0.816. The Morgan fingerprint density at radius 2 is 2.24 bits per heavy atom. The summed E-state index contributed by atoms with van der Waals surface area (Å²) in [6.45, 7) is 6.29. The fourth-order valence-electron chi connectivity index (χ4n) is 3.00. The van der Waals surface area contributed by atoms with Gasteiger partial charge in [0, 0.05) is 23.5 Å². The standard InChI is InChI=1S/C18H20N2O3S2/c1-3-9-19-25(22,23)15-6-4-5-14(12-15)18(21)20-10-7-17-16(13(20)2)8-11-24-17/h3-6,8,11-13,19H,1,7,9-10H2,2H3/t13-/m1/s1. The average Bonchev–Trinajstić information content (AvgIpc) is 3.09. The molecule has 0 fully saturated rings. The molecule has 0 saturated heterocycles. The van der Waals surface area contributed by atoms with E-state index in [1.54, 1.807) is 28.4 Å². The number of carbonyl (C=O) groups excluding carboxylic acids is 1. The van der Waals surface area contributed by atoms with Crippen molar-refractivity contribution >= 4 is 27.3 Å². The van der Waals surface area contributed by atoms with Gasteiger partial charge in [0.05, 0.1) is 10.9 Å². The maximum atomic E-state index is 12.9. The summed E-state index contributed by atoms with van der Waals surface area (Å²) in [5.74, 6) is -0.148. The van der Waals surface area contributed by atoms with Gasteiger partial charge in [-0.2, -0.15) is 0 Å². The van der Waals surface area contributed by atoms with Crippen molar-refractivity contribution in [3.05, 3.63) is 64.4 Å². The minimum atomic E-state index is -3.65. The minimum absolute atomic E-state index is 0.0124. The van der Waals surface area contributed by atoms with Crippen LogP contribution in [0, 0.1) is 0 Å². The van der Waals surface area contributed by atoms with Crippen molar-refractivity contribution < 1.29 is 13.2 Å². The van der Waals surface area contributed by atoms with E-state index in [1.165, 1.54) is 28.6 Å². The Morgan fingerprint density at radius 1 is 1.44 bits per heavy atom. The van der Waals surface area contributed by atoms with Gasteiger partial charge in [-0.25, -0.2) is 13.1 Å². The molecule has 5 nitrogen and oxygen atoms in total. The maximum absolute atomic E-state index is 12.9. The van der Waals surface area contributed by atoms with Gasteiger partial charge in [-0.05, 0) is 48.6 Å². The lowest BCUT2D eigenvalue weighted by molar-refractivity contribution is 0.0679. The van der Waals surface area contributed by atoms with Crippen molar-refractivity contribution in [2.45, 2.75) is 24.3 Å². The van der Waals surface area contributed by atoms with Crippen LogP contribution in [0.3, 0.4) is 0 Å². The van der Waals surface area contributed by atoms with E-state index in [0.29, 0.717) is 12.1 Å². The predicted octanol–water partition coefficient (Wildman–Crippen LogP) is 2.97. The Labute approximate surface area is 152 Å².